The summed E-state index contributed by atoms with van der Waals surface area (Å²) in [4.78, 5) is 14.1. The highest BCUT2D eigenvalue weighted by Crippen LogP contribution is 2.35. The average molecular weight is 479 g/mol. The number of nitrogens with one attached hydrogen (secondary N) is 1. The minimum absolute atomic E-state index is 0.00496. The lowest BCUT2D eigenvalue weighted by molar-refractivity contribution is -0.138. The predicted octanol–water partition coefficient (Wildman–Crippen LogP) is 4.67. The van der Waals surface area contributed by atoms with Crippen molar-refractivity contribution in [3.05, 3.63) is 59.2 Å². The van der Waals surface area contributed by atoms with Gasteiger partial charge in [-0.3, -0.25) is 4.79 Å². The van der Waals surface area contributed by atoms with E-state index in [9.17, 15) is 18.0 Å². The van der Waals surface area contributed by atoms with Crippen LogP contribution in [0.4, 0.5) is 18.9 Å². The number of amides is 1. The van der Waals surface area contributed by atoms with Crippen molar-refractivity contribution in [2.45, 2.75) is 26.1 Å². The molecule has 3 rings (SSSR count). The molecular weight excluding hydrogens is 449 g/mol. The van der Waals surface area contributed by atoms with Gasteiger partial charge in [-0.2, -0.15) is 13.2 Å². The molecule has 2 aromatic carbocycles. The number of anilines is 1. The van der Waals surface area contributed by atoms with E-state index in [4.69, 9.17) is 14.2 Å². The van der Waals surface area contributed by atoms with Gasteiger partial charge in [-0.15, -0.1) is 0 Å². The Balaban J connectivity index is 1.66. The number of hydrogen-bond acceptors (Lipinski definition) is 5. The predicted molar refractivity (Wildman–Crippen MR) is 124 cm³/mol. The van der Waals surface area contributed by atoms with Crippen molar-refractivity contribution < 1.29 is 32.2 Å². The highest BCUT2D eigenvalue weighted by atomic mass is 19.4. The van der Waals surface area contributed by atoms with Crippen LogP contribution >= 0.6 is 0 Å². The third kappa shape index (κ3) is 6.90. The van der Waals surface area contributed by atoms with Gasteiger partial charge in [0, 0.05) is 31.4 Å². The molecule has 0 aromatic heterocycles. The Morgan fingerprint density at radius 2 is 1.91 bits per heavy atom. The first-order valence-electron chi connectivity index (χ1n) is 11.1. The molecular formula is C25H29F3N2O4. The number of hydrogen-bond donors (Lipinski definition) is 1. The van der Waals surface area contributed by atoms with E-state index in [1.54, 1.807) is 30.3 Å². The van der Waals surface area contributed by atoms with Gasteiger partial charge in [0.1, 0.15) is 0 Å². The SMILES string of the molecule is CCCOc1ccc(/C=C/C(=O)NCc2ccc(N3CCOCC3)cc2C(F)(F)F)cc1OC. The topological polar surface area (TPSA) is 60.0 Å². The smallest absolute Gasteiger partial charge is 0.416 e. The number of methoxy groups -OCH3 is 1. The molecule has 0 aliphatic carbocycles. The maximum atomic E-state index is 13.7. The third-order valence-electron chi connectivity index (χ3n) is 5.30. The Morgan fingerprint density at radius 1 is 1.15 bits per heavy atom. The Labute approximate surface area is 197 Å². The molecule has 1 amide bonds. The summed E-state index contributed by atoms with van der Waals surface area (Å²) in [6, 6.07) is 9.43. The average Bonchev–Trinajstić information content (AvgIpc) is 2.85. The summed E-state index contributed by atoms with van der Waals surface area (Å²) in [6.07, 6.45) is -0.836. The number of morpholine rings is 1. The summed E-state index contributed by atoms with van der Waals surface area (Å²) < 4.78 is 57.2. The largest absolute Gasteiger partial charge is 0.493 e. The molecule has 0 bridgehead atoms. The van der Waals surface area contributed by atoms with Crippen LogP contribution < -0.4 is 19.7 Å². The third-order valence-corrected chi connectivity index (χ3v) is 5.30. The van der Waals surface area contributed by atoms with Gasteiger partial charge in [0.25, 0.3) is 0 Å². The Hall–Kier alpha value is -3.20. The molecule has 1 N–H and O–H groups in total. The van der Waals surface area contributed by atoms with Crippen LogP contribution in [0.3, 0.4) is 0 Å². The number of benzene rings is 2. The van der Waals surface area contributed by atoms with Gasteiger partial charge in [0.2, 0.25) is 5.91 Å². The normalized spacial score (nSPS) is 14.3. The second kappa shape index (κ2) is 11.8. The Bertz CT molecular complexity index is 1000. The van der Waals surface area contributed by atoms with Crippen LogP contribution in [0.2, 0.25) is 0 Å². The van der Waals surface area contributed by atoms with E-state index >= 15 is 0 Å². The maximum Gasteiger partial charge on any atom is 0.416 e. The van der Waals surface area contributed by atoms with E-state index in [2.05, 4.69) is 5.32 Å². The zero-order valence-electron chi connectivity index (χ0n) is 19.3. The van der Waals surface area contributed by atoms with Crippen molar-refractivity contribution in [3.63, 3.8) is 0 Å². The van der Waals surface area contributed by atoms with Crippen molar-refractivity contribution >= 4 is 17.7 Å². The van der Waals surface area contributed by atoms with Gasteiger partial charge >= 0.3 is 6.18 Å². The van der Waals surface area contributed by atoms with Gasteiger partial charge in [0.05, 0.1) is 32.5 Å². The summed E-state index contributed by atoms with van der Waals surface area (Å²) in [7, 11) is 1.52. The Kier molecular flexibility index (Phi) is 8.81. The van der Waals surface area contributed by atoms with E-state index in [1.807, 2.05) is 11.8 Å². The summed E-state index contributed by atoms with van der Waals surface area (Å²) in [5, 5.41) is 2.53. The summed E-state index contributed by atoms with van der Waals surface area (Å²) in [6.45, 7) is 4.34. The van der Waals surface area contributed by atoms with Crippen LogP contribution in [0.5, 0.6) is 11.5 Å². The van der Waals surface area contributed by atoms with Gasteiger partial charge in [-0.25, -0.2) is 0 Å². The number of alkyl halides is 3. The van der Waals surface area contributed by atoms with Crippen LogP contribution in [0.25, 0.3) is 6.08 Å². The molecule has 9 heteroatoms. The first-order chi connectivity index (χ1) is 16.3. The fourth-order valence-electron chi connectivity index (χ4n) is 3.53. The standard InChI is InChI=1S/C25H29F3N2O4/c1-3-12-34-22-8-4-18(15-23(22)32-2)5-9-24(31)29-17-19-6-7-20(16-21(19)25(26,27)28)30-10-13-33-14-11-30/h4-9,15-16H,3,10-14,17H2,1-2H3,(H,29,31)/b9-5+. The van der Waals surface area contributed by atoms with Crippen molar-refractivity contribution in [1.82, 2.24) is 5.32 Å². The fraction of sp³-hybridized carbons (Fsp3) is 0.400. The Morgan fingerprint density at radius 3 is 2.59 bits per heavy atom. The van der Waals surface area contributed by atoms with Crippen molar-refractivity contribution in [1.29, 1.82) is 0 Å². The molecule has 1 aliphatic heterocycles. The zero-order valence-corrected chi connectivity index (χ0v) is 19.3. The molecule has 0 atom stereocenters. The minimum Gasteiger partial charge on any atom is -0.493 e. The summed E-state index contributed by atoms with van der Waals surface area (Å²) >= 11 is 0. The van der Waals surface area contributed by atoms with Crippen LogP contribution in [0.15, 0.2) is 42.5 Å². The van der Waals surface area contributed by atoms with Crippen LogP contribution in [-0.2, 0) is 22.3 Å². The number of nitrogens with zero attached hydrogens (tertiary/aromatic N) is 1. The molecule has 1 fully saturated rings. The monoisotopic (exact) mass is 478 g/mol. The zero-order chi connectivity index (χ0) is 24.6. The van der Waals surface area contributed by atoms with Crippen molar-refractivity contribution in [3.8, 4) is 11.5 Å². The molecule has 2 aromatic rings. The number of ether oxygens (including phenoxy) is 3. The van der Waals surface area contributed by atoms with E-state index in [0.717, 1.165) is 12.5 Å². The van der Waals surface area contributed by atoms with Crippen LogP contribution in [0, 0.1) is 0 Å². The highest BCUT2D eigenvalue weighted by molar-refractivity contribution is 5.91. The minimum atomic E-state index is -4.53. The molecule has 1 heterocycles. The van der Waals surface area contributed by atoms with Crippen LogP contribution in [0.1, 0.15) is 30.0 Å². The number of halogens is 3. The van der Waals surface area contributed by atoms with Crippen LogP contribution in [-0.4, -0.2) is 45.9 Å². The molecule has 1 saturated heterocycles. The molecule has 0 radical (unpaired) electrons. The molecule has 184 valence electrons. The van der Waals surface area contributed by atoms with E-state index < -0.39 is 17.6 Å². The molecule has 1 aliphatic rings. The highest BCUT2D eigenvalue weighted by Gasteiger charge is 2.34. The fourth-order valence-corrected chi connectivity index (χ4v) is 3.53. The van der Waals surface area contributed by atoms with Gasteiger partial charge in [-0.05, 0) is 47.9 Å². The quantitative estimate of drug-likeness (QED) is 0.531. The lowest BCUT2D eigenvalue weighted by atomic mass is 10.0. The molecule has 0 spiro atoms. The molecule has 34 heavy (non-hydrogen) atoms. The first-order valence-corrected chi connectivity index (χ1v) is 11.1. The van der Waals surface area contributed by atoms with Crippen molar-refractivity contribution in [2.75, 3.05) is 44.9 Å². The van der Waals surface area contributed by atoms with Gasteiger partial charge in [-0.1, -0.05) is 19.1 Å². The maximum absolute atomic E-state index is 13.7. The lowest BCUT2D eigenvalue weighted by Gasteiger charge is -2.29. The second-order valence-corrected chi connectivity index (χ2v) is 7.75. The lowest BCUT2D eigenvalue weighted by Crippen LogP contribution is -2.36. The molecule has 0 saturated carbocycles. The number of rotatable bonds is 9. The first kappa shape index (κ1) is 25.4. The van der Waals surface area contributed by atoms with E-state index in [1.165, 1.54) is 19.3 Å². The van der Waals surface area contributed by atoms with E-state index in [-0.39, 0.29) is 12.1 Å². The number of carbonyl (C=O) groups excluding carboxylic acids is 1. The number of carbonyl (C=O) groups is 1. The summed E-state index contributed by atoms with van der Waals surface area (Å²) in [5.41, 5.74) is 0.436. The van der Waals surface area contributed by atoms with Gasteiger partial charge in [0.15, 0.2) is 11.5 Å². The second-order valence-electron chi connectivity index (χ2n) is 7.75. The van der Waals surface area contributed by atoms with Gasteiger partial charge < -0.3 is 24.4 Å². The van der Waals surface area contributed by atoms with E-state index in [0.29, 0.717) is 55.7 Å². The summed E-state index contributed by atoms with van der Waals surface area (Å²) in [5.74, 6) is 0.632. The van der Waals surface area contributed by atoms with Crippen molar-refractivity contribution in [2.24, 2.45) is 0 Å². The molecule has 6 nitrogen and oxygen atoms in total. The molecule has 0 unspecified atom stereocenters.